The van der Waals surface area contributed by atoms with Crippen LogP contribution in [-0.2, 0) is 6.54 Å². The average molecular weight is 230 g/mol. The van der Waals surface area contributed by atoms with Crippen LogP contribution in [-0.4, -0.2) is 11.7 Å². The van der Waals surface area contributed by atoms with E-state index in [2.05, 4.69) is 0 Å². The molecule has 0 aliphatic rings. The summed E-state index contributed by atoms with van der Waals surface area (Å²) in [7, 11) is 0. The van der Waals surface area contributed by atoms with E-state index in [0.29, 0.717) is 13.2 Å². The van der Waals surface area contributed by atoms with E-state index in [-0.39, 0.29) is 5.75 Å². The predicted octanol–water partition coefficient (Wildman–Crippen LogP) is 2.07. The summed E-state index contributed by atoms with van der Waals surface area (Å²) in [6.45, 7) is 3.34. The van der Waals surface area contributed by atoms with E-state index in [0.717, 1.165) is 5.75 Å². The SMILES string of the molecule is Cc1ccc(OCC[n+]2cccc(O)c2)cc1. The van der Waals surface area contributed by atoms with E-state index >= 15 is 0 Å². The summed E-state index contributed by atoms with van der Waals surface area (Å²) in [5.74, 6) is 1.14. The van der Waals surface area contributed by atoms with Crippen molar-refractivity contribution in [1.82, 2.24) is 0 Å². The number of ether oxygens (including phenoxy) is 1. The van der Waals surface area contributed by atoms with E-state index in [4.69, 9.17) is 4.74 Å². The van der Waals surface area contributed by atoms with E-state index in [1.54, 1.807) is 18.3 Å². The Morgan fingerprint density at radius 1 is 1.18 bits per heavy atom. The zero-order valence-corrected chi connectivity index (χ0v) is 9.84. The summed E-state index contributed by atoms with van der Waals surface area (Å²) in [6, 6.07) is 11.4. The Balaban J connectivity index is 1.85. The van der Waals surface area contributed by atoms with Gasteiger partial charge in [-0.2, -0.15) is 4.57 Å². The lowest BCUT2D eigenvalue weighted by Gasteiger charge is -2.04. The summed E-state index contributed by atoms with van der Waals surface area (Å²) in [4.78, 5) is 0. The standard InChI is InChI=1S/C14H15NO2/c1-12-4-6-14(7-5-12)17-10-9-15-8-2-3-13(16)11-15/h2-8,11H,9-10H2,1H3/p+1. The minimum Gasteiger partial charge on any atom is -0.503 e. The molecule has 2 aromatic rings. The van der Waals surface area contributed by atoms with Gasteiger partial charge in [0.05, 0.1) is 0 Å². The van der Waals surface area contributed by atoms with Gasteiger partial charge in [-0.05, 0) is 25.1 Å². The maximum atomic E-state index is 9.30. The molecule has 0 aliphatic carbocycles. The second kappa shape index (κ2) is 5.34. The number of aromatic nitrogens is 1. The highest BCUT2D eigenvalue weighted by Crippen LogP contribution is 2.10. The Hall–Kier alpha value is -2.03. The first-order valence-electron chi connectivity index (χ1n) is 5.61. The Morgan fingerprint density at radius 2 is 1.94 bits per heavy atom. The highest BCUT2D eigenvalue weighted by Gasteiger charge is 2.01. The number of aromatic hydroxyl groups is 1. The van der Waals surface area contributed by atoms with Crippen LogP contribution in [0.4, 0.5) is 0 Å². The van der Waals surface area contributed by atoms with Crippen LogP contribution in [0.5, 0.6) is 11.5 Å². The number of hydrogen-bond acceptors (Lipinski definition) is 2. The predicted molar refractivity (Wildman–Crippen MR) is 65.0 cm³/mol. The third kappa shape index (κ3) is 3.48. The molecule has 0 saturated heterocycles. The van der Waals surface area contributed by atoms with Crippen molar-refractivity contribution in [3.05, 3.63) is 54.4 Å². The van der Waals surface area contributed by atoms with Crippen molar-refractivity contribution in [3.8, 4) is 11.5 Å². The summed E-state index contributed by atoms with van der Waals surface area (Å²) >= 11 is 0. The van der Waals surface area contributed by atoms with Gasteiger partial charge in [0.25, 0.3) is 0 Å². The molecule has 1 heterocycles. The van der Waals surface area contributed by atoms with Gasteiger partial charge in [-0.15, -0.1) is 0 Å². The molecule has 0 fully saturated rings. The molecule has 1 N–H and O–H groups in total. The molecular formula is C14H16NO2+. The molecule has 0 amide bonds. The lowest BCUT2D eigenvalue weighted by atomic mass is 10.2. The van der Waals surface area contributed by atoms with Crippen molar-refractivity contribution in [2.45, 2.75) is 13.5 Å². The minimum absolute atomic E-state index is 0.267. The van der Waals surface area contributed by atoms with Crippen LogP contribution >= 0.6 is 0 Å². The van der Waals surface area contributed by atoms with Crippen LogP contribution in [0, 0.1) is 6.92 Å². The van der Waals surface area contributed by atoms with E-state index in [9.17, 15) is 5.11 Å². The molecule has 2 rings (SSSR count). The van der Waals surface area contributed by atoms with Crippen molar-refractivity contribution < 1.29 is 14.4 Å². The first-order chi connectivity index (χ1) is 8.24. The van der Waals surface area contributed by atoms with Crippen molar-refractivity contribution in [3.63, 3.8) is 0 Å². The van der Waals surface area contributed by atoms with Crippen LogP contribution < -0.4 is 9.30 Å². The molecule has 88 valence electrons. The molecule has 0 unspecified atom stereocenters. The second-order valence-electron chi connectivity index (χ2n) is 3.96. The summed E-state index contributed by atoms with van der Waals surface area (Å²) in [5.41, 5.74) is 1.22. The van der Waals surface area contributed by atoms with Crippen LogP contribution in [0.3, 0.4) is 0 Å². The molecule has 0 radical (unpaired) electrons. The minimum atomic E-state index is 0.267. The zero-order valence-electron chi connectivity index (χ0n) is 9.84. The zero-order chi connectivity index (χ0) is 12.1. The fraction of sp³-hybridized carbons (Fsp3) is 0.214. The molecule has 3 heteroatoms. The van der Waals surface area contributed by atoms with Crippen LogP contribution in [0.25, 0.3) is 0 Å². The molecule has 0 bridgehead atoms. The normalized spacial score (nSPS) is 10.2. The van der Waals surface area contributed by atoms with Crippen molar-refractivity contribution in [2.24, 2.45) is 0 Å². The van der Waals surface area contributed by atoms with Gasteiger partial charge in [0.2, 0.25) is 6.20 Å². The topological polar surface area (TPSA) is 33.3 Å². The van der Waals surface area contributed by atoms with Gasteiger partial charge in [-0.1, -0.05) is 17.7 Å². The van der Waals surface area contributed by atoms with Crippen molar-refractivity contribution in [1.29, 1.82) is 0 Å². The monoisotopic (exact) mass is 230 g/mol. The Kier molecular flexibility index (Phi) is 3.60. The molecular weight excluding hydrogens is 214 g/mol. The van der Waals surface area contributed by atoms with Crippen LogP contribution in [0.2, 0.25) is 0 Å². The smallest absolute Gasteiger partial charge is 0.211 e. The molecule has 0 atom stereocenters. The van der Waals surface area contributed by atoms with E-state index in [1.165, 1.54) is 5.56 Å². The van der Waals surface area contributed by atoms with Gasteiger partial charge in [-0.3, -0.25) is 0 Å². The summed E-state index contributed by atoms with van der Waals surface area (Å²) in [6.07, 6.45) is 3.58. The Morgan fingerprint density at radius 3 is 2.65 bits per heavy atom. The molecule has 0 saturated carbocycles. The fourth-order valence-electron chi connectivity index (χ4n) is 1.55. The molecule has 17 heavy (non-hydrogen) atoms. The van der Waals surface area contributed by atoms with Crippen LogP contribution in [0.1, 0.15) is 5.56 Å². The lowest BCUT2D eigenvalue weighted by molar-refractivity contribution is -0.697. The van der Waals surface area contributed by atoms with E-state index in [1.807, 2.05) is 42.0 Å². The largest absolute Gasteiger partial charge is 0.503 e. The third-order valence-corrected chi connectivity index (χ3v) is 2.48. The number of hydrogen-bond donors (Lipinski definition) is 1. The van der Waals surface area contributed by atoms with Gasteiger partial charge in [0, 0.05) is 6.07 Å². The number of pyridine rings is 1. The first kappa shape index (κ1) is 11.5. The Labute approximate surface area is 101 Å². The van der Waals surface area contributed by atoms with Gasteiger partial charge < -0.3 is 9.84 Å². The van der Waals surface area contributed by atoms with Crippen molar-refractivity contribution in [2.75, 3.05) is 6.61 Å². The number of benzene rings is 1. The number of aryl methyl sites for hydroxylation is 1. The first-order valence-corrected chi connectivity index (χ1v) is 5.61. The van der Waals surface area contributed by atoms with Gasteiger partial charge >= 0.3 is 0 Å². The number of nitrogens with zero attached hydrogens (tertiary/aromatic N) is 1. The molecule has 3 nitrogen and oxygen atoms in total. The number of rotatable bonds is 4. The van der Waals surface area contributed by atoms with Crippen molar-refractivity contribution >= 4 is 0 Å². The van der Waals surface area contributed by atoms with Gasteiger partial charge in [-0.25, -0.2) is 0 Å². The lowest BCUT2D eigenvalue weighted by Crippen LogP contribution is -2.35. The molecule has 1 aromatic carbocycles. The molecule has 1 aromatic heterocycles. The highest BCUT2D eigenvalue weighted by molar-refractivity contribution is 5.26. The summed E-state index contributed by atoms with van der Waals surface area (Å²) < 4.78 is 7.49. The highest BCUT2D eigenvalue weighted by atomic mass is 16.5. The van der Waals surface area contributed by atoms with Gasteiger partial charge in [0.15, 0.2) is 18.5 Å². The molecule has 0 aliphatic heterocycles. The van der Waals surface area contributed by atoms with Gasteiger partial charge in [0.1, 0.15) is 12.4 Å². The van der Waals surface area contributed by atoms with E-state index < -0.39 is 0 Å². The second-order valence-corrected chi connectivity index (χ2v) is 3.96. The molecule has 0 spiro atoms. The van der Waals surface area contributed by atoms with Crippen LogP contribution in [0.15, 0.2) is 48.8 Å². The fourth-order valence-corrected chi connectivity index (χ4v) is 1.55. The third-order valence-electron chi connectivity index (χ3n) is 2.48. The Bertz CT molecular complexity index is 480. The maximum Gasteiger partial charge on any atom is 0.211 e. The summed E-state index contributed by atoms with van der Waals surface area (Å²) in [5, 5.41) is 9.30. The maximum absolute atomic E-state index is 9.30. The average Bonchev–Trinajstić information content (AvgIpc) is 2.32. The quantitative estimate of drug-likeness (QED) is 0.816.